The van der Waals surface area contributed by atoms with Crippen LogP contribution >= 0.6 is 11.6 Å². The maximum atomic E-state index is 12.1. The highest BCUT2D eigenvalue weighted by Gasteiger charge is 2.21. The van der Waals surface area contributed by atoms with Gasteiger partial charge in [0.1, 0.15) is 17.3 Å². The number of unbranched alkanes of at least 4 members (excludes halogenated alkanes) is 1. The summed E-state index contributed by atoms with van der Waals surface area (Å²) in [5.74, 6) is 0.447. The van der Waals surface area contributed by atoms with Crippen molar-refractivity contribution < 1.29 is 8.42 Å². The van der Waals surface area contributed by atoms with Crippen molar-refractivity contribution in [2.24, 2.45) is 0 Å². The summed E-state index contributed by atoms with van der Waals surface area (Å²) in [5.41, 5.74) is 0. The Bertz CT molecular complexity index is 464. The molecule has 1 aromatic rings. The molecule has 0 saturated heterocycles. The van der Waals surface area contributed by atoms with Crippen LogP contribution in [0.5, 0.6) is 0 Å². The van der Waals surface area contributed by atoms with Crippen LogP contribution in [0.4, 0.5) is 5.82 Å². The smallest absolute Gasteiger partial charge is 0.236 e. The molecule has 7 heteroatoms. The van der Waals surface area contributed by atoms with Crippen molar-refractivity contribution in [2.45, 2.75) is 26.7 Å². The zero-order valence-electron chi connectivity index (χ0n) is 9.93. The maximum absolute atomic E-state index is 12.1. The summed E-state index contributed by atoms with van der Waals surface area (Å²) in [6, 6.07) is 1.45. The first-order valence-electron chi connectivity index (χ1n) is 5.49. The van der Waals surface area contributed by atoms with Crippen LogP contribution in [0.1, 0.15) is 26.7 Å². The van der Waals surface area contributed by atoms with Crippen molar-refractivity contribution in [1.29, 1.82) is 0 Å². The molecule has 0 atom stereocenters. The summed E-state index contributed by atoms with van der Waals surface area (Å²) < 4.78 is 25.4. The molecule has 0 aliphatic carbocycles. The standard InChI is InChI=1S/C10H16ClN3O2S/c1-3-5-6-17(15,16)14(4-2)10-7-9(11)12-8-13-10/h7-8H,3-6H2,1-2H3. The van der Waals surface area contributed by atoms with Crippen LogP contribution in [0.25, 0.3) is 0 Å². The zero-order valence-corrected chi connectivity index (χ0v) is 11.5. The van der Waals surface area contributed by atoms with Crippen molar-refractivity contribution in [3.8, 4) is 0 Å². The third kappa shape index (κ3) is 3.81. The molecule has 1 aromatic heterocycles. The van der Waals surface area contributed by atoms with Gasteiger partial charge >= 0.3 is 0 Å². The first-order chi connectivity index (χ1) is 8.01. The molecule has 0 N–H and O–H groups in total. The summed E-state index contributed by atoms with van der Waals surface area (Å²) in [5, 5.41) is 0.235. The molecule has 0 bridgehead atoms. The second kappa shape index (κ2) is 6.16. The van der Waals surface area contributed by atoms with E-state index >= 15 is 0 Å². The van der Waals surface area contributed by atoms with Crippen LogP contribution < -0.4 is 4.31 Å². The predicted octanol–water partition coefficient (Wildman–Crippen LogP) is 2.09. The quantitative estimate of drug-likeness (QED) is 0.747. The number of anilines is 1. The molecule has 17 heavy (non-hydrogen) atoms. The van der Waals surface area contributed by atoms with Gasteiger partial charge in [-0.15, -0.1) is 0 Å². The number of rotatable bonds is 6. The van der Waals surface area contributed by atoms with E-state index < -0.39 is 10.0 Å². The zero-order chi connectivity index (χ0) is 12.9. The summed E-state index contributed by atoms with van der Waals surface area (Å²) in [6.45, 7) is 4.05. The van der Waals surface area contributed by atoms with Gasteiger partial charge < -0.3 is 0 Å². The fourth-order valence-electron chi connectivity index (χ4n) is 1.40. The lowest BCUT2D eigenvalue weighted by atomic mass is 10.4. The molecular formula is C10H16ClN3O2S. The van der Waals surface area contributed by atoms with E-state index in [1.807, 2.05) is 6.92 Å². The number of sulfonamides is 1. The van der Waals surface area contributed by atoms with E-state index in [-0.39, 0.29) is 10.9 Å². The Labute approximate surface area is 107 Å². The van der Waals surface area contributed by atoms with Crippen LogP contribution in [0.3, 0.4) is 0 Å². The first kappa shape index (κ1) is 14.2. The van der Waals surface area contributed by atoms with E-state index in [0.717, 1.165) is 6.42 Å². The van der Waals surface area contributed by atoms with Gasteiger partial charge in [0.15, 0.2) is 0 Å². The Hall–Kier alpha value is -0.880. The third-order valence-electron chi connectivity index (χ3n) is 2.25. The fraction of sp³-hybridized carbons (Fsp3) is 0.600. The molecule has 0 radical (unpaired) electrons. The van der Waals surface area contributed by atoms with Gasteiger partial charge in [-0.1, -0.05) is 24.9 Å². The molecule has 1 rings (SSSR count). The van der Waals surface area contributed by atoms with Gasteiger partial charge in [-0.25, -0.2) is 18.4 Å². The molecule has 1 heterocycles. The van der Waals surface area contributed by atoms with Gasteiger partial charge in [-0.05, 0) is 13.3 Å². The largest absolute Gasteiger partial charge is 0.254 e. The third-order valence-corrected chi connectivity index (χ3v) is 4.38. The van der Waals surface area contributed by atoms with Gasteiger partial charge in [0, 0.05) is 12.6 Å². The maximum Gasteiger partial charge on any atom is 0.236 e. The first-order valence-corrected chi connectivity index (χ1v) is 7.48. The molecule has 0 saturated carbocycles. The highest BCUT2D eigenvalue weighted by Crippen LogP contribution is 2.18. The lowest BCUT2D eigenvalue weighted by Gasteiger charge is -2.21. The van der Waals surface area contributed by atoms with E-state index in [2.05, 4.69) is 9.97 Å². The van der Waals surface area contributed by atoms with Crippen molar-refractivity contribution in [3.63, 3.8) is 0 Å². The molecule has 0 fully saturated rings. The van der Waals surface area contributed by atoms with E-state index in [9.17, 15) is 8.42 Å². The molecule has 0 aliphatic rings. The van der Waals surface area contributed by atoms with Crippen LogP contribution in [0.15, 0.2) is 12.4 Å². The Kier molecular flexibility index (Phi) is 5.14. The minimum atomic E-state index is -3.32. The summed E-state index contributed by atoms with van der Waals surface area (Å²) in [7, 11) is -3.32. The second-order valence-electron chi connectivity index (χ2n) is 3.53. The van der Waals surface area contributed by atoms with Crippen molar-refractivity contribution >= 4 is 27.4 Å². The van der Waals surface area contributed by atoms with Crippen molar-refractivity contribution in [1.82, 2.24) is 9.97 Å². The van der Waals surface area contributed by atoms with E-state index in [0.29, 0.717) is 18.8 Å². The Morgan fingerprint density at radius 2 is 2.06 bits per heavy atom. The highest BCUT2D eigenvalue weighted by atomic mass is 35.5. The molecule has 0 aromatic carbocycles. The topological polar surface area (TPSA) is 63.2 Å². The number of nitrogens with zero attached hydrogens (tertiary/aromatic N) is 3. The summed E-state index contributed by atoms with van der Waals surface area (Å²) in [6.07, 6.45) is 2.73. The lowest BCUT2D eigenvalue weighted by Crippen LogP contribution is -2.33. The van der Waals surface area contributed by atoms with Crippen molar-refractivity contribution in [2.75, 3.05) is 16.6 Å². The minimum absolute atomic E-state index is 0.124. The van der Waals surface area contributed by atoms with Gasteiger partial charge in [0.05, 0.1) is 5.75 Å². The molecule has 96 valence electrons. The van der Waals surface area contributed by atoms with Crippen LogP contribution in [0.2, 0.25) is 5.15 Å². The van der Waals surface area contributed by atoms with E-state index in [1.54, 1.807) is 6.92 Å². The SMILES string of the molecule is CCCCS(=O)(=O)N(CC)c1cc(Cl)ncn1. The fourth-order valence-corrected chi connectivity index (χ4v) is 3.19. The number of halogens is 1. The predicted molar refractivity (Wildman–Crippen MR) is 68.8 cm³/mol. The Morgan fingerprint density at radius 3 is 2.59 bits per heavy atom. The average molecular weight is 278 g/mol. The molecule has 0 spiro atoms. The average Bonchev–Trinajstić information content (AvgIpc) is 2.27. The molecule has 5 nitrogen and oxygen atoms in total. The minimum Gasteiger partial charge on any atom is -0.254 e. The number of hydrogen-bond donors (Lipinski definition) is 0. The normalized spacial score (nSPS) is 11.5. The second-order valence-corrected chi connectivity index (χ2v) is 5.93. The van der Waals surface area contributed by atoms with E-state index in [4.69, 9.17) is 11.6 Å². The number of hydrogen-bond acceptors (Lipinski definition) is 4. The van der Waals surface area contributed by atoms with Crippen LogP contribution in [0, 0.1) is 0 Å². The van der Waals surface area contributed by atoms with Gasteiger partial charge in [0.25, 0.3) is 0 Å². The Morgan fingerprint density at radius 1 is 1.35 bits per heavy atom. The van der Waals surface area contributed by atoms with Gasteiger partial charge in [0.2, 0.25) is 10.0 Å². The van der Waals surface area contributed by atoms with Crippen molar-refractivity contribution in [3.05, 3.63) is 17.5 Å². The summed E-state index contributed by atoms with van der Waals surface area (Å²) >= 11 is 5.73. The van der Waals surface area contributed by atoms with E-state index in [1.165, 1.54) is 16.7 Å². The summed E-state index contributed by atoms with van der Waals surface area (Å²) in [4.78, 5) is 7.67. The van der Waals surface area contributed by atoms with Gasteiger partial charge in [-0.3, -0.25) is 4.31 Å². The lowest BCUT2D eigenvalue weighted by molar-refractivity contribution is 0.588. The molecular weight excluding hydrogens is 262 g/mol. The Balaban J connectivity index is 2.99. The van der Waals surface area contributed by atoms with Crippen LogP contribution in [-0.2, 0) is 10.0 Å². The monoisotopic (exact) mass is 277 g/mol. The van der Waals surface area contributed by atoms with Gasteiger partial charge in [-0.2, -0.15) is 0 Å². The molecule has 0 unspecified atom stereocenters. The number of aromatic nitrogens is 2. The molecule has 0 aliphatic heterocycles. The van der Waals surface area contributed by atoms with Crippen LogP contribution in [-0.4, -0.2) is 30.7 Å². The highest BCUT2D eigenvalue weighted by molar-refractivity contribution is 7.92. The molecule has 0 amide bonds.